The number of unbranched alkanes of at least 4 members (excludes halogenated alkanes) is 1. The molecule has 0 aliphatic carbocycles. The maximum atomic E-state index is 12.8. The fourth-order valence-corrected chi connectivity index (χ4v) is 6.87. The number of carboxylic acid groups (broad SMARTS) is 1. The van der Waals surface area contributed by atoms with Crippen molar-refractivity contribution in [3.63, 3.8) is 0 Å². The van der Waals surface area contributed by atoms with Gasteiger partial charge in [-0.1, -0.05) is 32.4 Å². The van der Waals surface area contributed by atoms with Gasteiger partial charge in [0.05, 0.1) is 50.6 Å². The van der Waals surface area contributed by atoms with E-state index in [2.05, 4.69) is 46.3 Å². The predicted octanol–water partition coefficient (Wildman–Crippen LogP) is 7.49. The van der Waals surface area contributed by atoms with E-state index < -0.39 is 17.0 Å². The number of rotatable bonds is 30. The molecule has 3 rings (SSSR count). The standard InChI is InChI=1S/C46H66N4O11S/c1-44(2,3)61-43(55)46(6,7)33-45(4,5)21-9-8-10-34-11-14-36(15-12-34)60-37-16-18-38(19-17-37)62-50-39-20-13-35(30-49-39)42(54)48-23-25-57-26-28-58-31-40(51)47-22-24-56-27-29-59-32-41(52)53/h11-20,30H,8-10,21-29,31-33H2,1-7H3,(H,47,51)(H,48,54)(H,49,50)(H,52,53). The molecule has 1 aromatic heterocycles. The highest BCUT2D eigenvalue weighted by Crippen LogP contribution is 2.39. The minimum Gasteiger partial charge on any atom is -0.480 e. The number of carbonyl (C=O) groups excluding carboxylic acids is 3. The Bertz CT molecular complexity index is 1800. The molecule has 0 spiro atoms. The van der Waals surface area contributed by atoms with Crippen LogP contribution in [0.3, 0.4) is 0 Å². The molecule has 2 amide bonds. The van der Waals surface area contributed by atoms with Crippen LogP contribution in [0.4, 0.5) is 5.82 Å². The summed E-state index contributed by atoms with van der Waals surface area (Å²) in [5.41, 5.74) is 0.682. The summed E-state index contributed by atoms with van der Waals surface area (Å²) in [6.07, 6.45) is 6.44. The van der Waals surface area contributed by atoms with Crippen molar-refractivity contribution >= 4 is 41.5 Å². The molecule has 16 heteroatoms. The Kier molecular flexibility index (Phi) is 22.2. The van der Waals surface area contributed by atoms with Crippen molar-refractivity contribution in [2.75, 3.05) is 70.7 Å². The molecule has 0 atom stereocenters. The second-order valence-electron chi connectivity index (χ2n) is 17.1. The molecule has 1 heterocycles. The minimum atomic E-state index is -1.04. The summed E-state index contributed by atoms with van der Waals surface area (Å²) < 4.78 is 35.7. The summed E-state index contributed by atoms with van der Waals surface area (Å²) in [5, 5.41) is 13.9. The van der Waals surface area contributed by atoms with E-state index in [1.165, 1.54) is 23.7 Å². The van der Waals surface area contributed by atoms with Crippen LogP contribution in [0.2, 0.25) is 0 Å². The van der Waals surface area contributed by atoms with Gasteiger partial charge in [-0.25, -0.2) is 9.78 Å². The maximum absolute atomic E-state index is 12.8. The van der Waals surface area contributed by atoms with Gasteiger partial charge in [-0.3, -0.25) is 14.4 Å². The molecule has 0 fully saturated rings. The van der Waals surface area contributed by atoms with E-state index in [-0.39, 0.29) is 82.6 Å². The Labute approximate surface area is 370 Å². The molecule has 2 aromatic carbocycles. The molecule has 4 N–H and O–H groups in total. The molecule has 342 valence electrons. The van der Waals surface area contributed by atoms with Gasteiger partial charge in [-0.15, -0.1) is 0 Å². The van der Waals surface area contributed by atoms with Crippen molar-refractivity contribution in [1.82, 2.24) is 15.6 Å². The van der Waals surface area contributed by atoms with E-state index in [0.717, 1.165) is 48.5 Å². The molecule has 0 aliphatic heterocycles. The molecule has 0 saturated heterocycles. The Hall–Kier alpha value is -4.74. The maximum Gasteiger partial charge on any atom is 0.329 e. The number of benzene rings is 2. The number of aromatic nitrogens is 1. The van der Waals surface area contributed by atoms with Crippen molar-refractivity contribution in [3.8, 4) is 11.5 Å². The normalized spacial score (nSPS) is 11.8. The first-order valence-corrected chi connectivity index (χ1v) is 21.8. The van der Waals surface area contributed by atoms with E-state index >= 15 is 0 Å². The summed E-state index contributed by atoms with van der Waals surface area (Å²) in [6.45, 7) is 15.6. The highest BCUT2D eigenvalue weighted by molar-refractivity contribution is 8.00. The molecular formula is C46H66N4O11S. The average Bonchev–Trinajstić information content (AvgIpc) is 3.20. The molecule has 15 nitrogen and oxygen atoms in total. The van der Waals surface area contributed by atoms with E-state index in [0.29, 0.717) is 17.9 Å². The SMILES string of the molecule is CC(C)(CCCCc1ccc(Oc2ccc(SNc3ccc(C(=O)NCCOCCOCC(=O)NCCOCCOCC(=O)O)cn3)cc2)cc1)CC(C)(C)C(=O)OC(C)(C)C. The number of ether oxygens (including phenoxy) is 6. The van der Waals surface area contributed by atoms with Crippen LogP contribution < -0.4 is 20.1 Å². The molecule has 3 aromatic rings. The number of aliphatic carboxylic acids is 1. The van der Waals surface area contributed by atoms with Crippen molar-refractivity contribution in [1.29, 1.82) is 0 Å². The highest BCUT2D eigenvalue weighted by atomic mass is 32.2. The number of anilines is 1. The number of nitrogens with zero attached hydrogens (tertiary/aromatic N) is 1. The van der Waals surface area contributed by atoms with Crippen LogP contribution in [0.5, 0.6) is 11.5 Å². The van der Waals surface area contributed by atoms with Crippen molar-refractivity contribution in [2.45, 2.75) is 91.1 Å². The summed E-state index contributed by atoms with van der Waals surface area (Å²) in [7, 11) is 0. The van der Waals surface area contributed by atoms with Gasteiger partial charge in [0.1, 0.15) is 36.1 Å². The Morgan fingerprint density at radius 3 is 1.89 bits per heavy atom. The van der Waals surface area contributed by atoms with Crippen LogP contribution in [0.15, 0.2) is 71.8 Å². The molecule has 0 radical (unpaired) electrons. The zero-order valence-electron chi connectivity index (χ0n) is 37.3. The number of nitrogens with one attached hydrogen (secondary N) is 3. The highest BCUT2D eigenvalue weighted by Gasteiger charge is 2.37. The number of hydrogen-bond donors (Lipinski definition) is 4. The van der Waals surface area contributed by atoms with Gasteiger partial charge in [0.2, 0.25) is 5.91 Å². The van der Waals surface area contributed by atoms with Crippen LogP contribution in [0.1, 0.15) is 90.1 Å². The number of carbonyl (C=O) groups is 4. The predicted molar refractivity (Wildman–Crippen MR) is 239 cm³/mol. The summed E-state index contributed by atoms with van der Waals surface area (Å²) in [4.78, 5) is 52.7. The molecule has 62 heavy (non-hydrogen) atoms. The minimum absolute atomic E-state index is 0.0279. The number of carboxylic acids is 1. The third-order valence-corrected chi connectivity index (χ3v) is 9.85. The van der Waals surface area contributed by atoms with Gasteiger partial charge in [-0.2, -0.15) is 0 Å². The van der Waals surface area contributed by atoms with Gasteiger partial charge in [0.15, 0.2) is 0 Å². The second-order valence-corrected chi connectivity index (χ2v) is 18.0. The lowest BCUT2D eigenvalue weighted by Crippen LogP contribution is -2.36. The fraction of sp³-hybridized carbons (Fsp3) is 0.543. The van der Waals surface area contributed by atoms with Crippen molar-refractivity contribution in [3.05, 3.63) is 78.0 Å². The molecular weight excluding hydrogens is 817 g/mol. The lowest BCUT2D eigenvalue weighted by Gasteiger charge is -2.35. The van der Waals surface area contributed by atoms with Crippen LogP contribution in [-0.4, -0.2) is 105 Å². The zero-order valence-corrected chi connectivity index (χ0v) is 38.2. The van der Waals surface area contributed by atoms with E-state index in [1.54, 1.807) is 12.1 Å². The first-order chi connectivity index (χ1) is 29.4. The largest absolute Gasteiger partial charge is 0.480 e. The van der Waals surface area contributed by atoms with Crippen LogP contribution >= 0.6 is 11.9 Å². The molecule has 0 bridgehead atoms. The molecule has 0 aliphatic rings. The Morgan fingerprint density at radius 2 is 1.29 bits per heavy atom. The van der Waals surface area contributed by atoms with Crippen molar-refractivity contribution < 1.29 is 52.7 Å². The van der Waals surface area contributed by atoms with Gasteiger partial charge >= 0.3 is 11.9 Å². The van der Waals surface area contributed by atoms with E-state index in [1.807, 2.05) is 71.0 Å². The average molecular weight is 883 g/mol. The van der Waals surface area contributed by atoms with E-state index in [9.17, 15) is 19.2 Å². The van der Waals surface area contributed by atoms with Gasteiger partial charge in [0, 0.05) is 24.2 Å². The zero-order chi connectivity index (χ0) is 45.4. The lowest BCUT2D eigenvalue weighted by atomic mass is 9.72. The van der Waals surface area contributed by atoms with Gasteiger partial charge < -0.3 is 48.9 Å². The number of pyridine rings is 1. The fourth-order valence-electron chi connectivity index (χ4n) is 6.26. The monoisotopic (exact) mass is 882 g/mol. The summed E-state index contributed by atoms with van der Waals surface area (Å²) in [6, 6.07) is 19.4. The third kappa shape index (κ3) is 22.4. The van der Waals surface area contributed by atoms with Crippen LogP contribution in [-0.2, 0) is 44.5 Å². The lowest BCUT2D eigenvalue weighted by molar-refractivity contribution is -0.167. The Balaban J connectivity index is 1.24. The summed E-state index contributed by atoms with van der Waals surface area (Å²) in [5.74, 6) is 0.344. The quantitative estimate of drug-likeness (QED) is 0.0292. The molecule has 0 unspecified atom stereocenters. The number of amides is 2. The van der Waals surface area contributed by atoms with Gasteiger partial charge in [0.25, 0.3) is 5.91 Å². The third-order valence-electron chi connectivity index (χ3n) is 9.03. The van der Waals surface area contributed by atoms with Crippen LogP contribution in [0, 0.1) is 10.8 Å². The van der Waals surface area contributed by atoms with Crippen LogP contribution in [0.25, 0.3) is 0 Å². The summed E-state index contributed by atoms with van der Waals surface area (Å²) >= 11 is 1.39. The number of hydrogen-bond acceptors (Lipinski definition) is 13. The van der Waals surface area contributed by atoms with Gasteiger partial charge in [-0.05, 0) is 132 Å². The number of aryl methyl sites for hydroxylation is 1. The first-order valence-electron chi connectivity index (χ1n) is 21.0. The second kappa shape index (κ2) is 26.7. The Morgan fingerprint density at radius 1 is 0.694 bits per heavy atom. The van der Waals surface area contributed by atoms with E-state index in [4.69, 9.17) is 33.5 Å². The smallest absolute Gasteiger partial charge is 0.329 e. The van der Waals surface area contributed by atoms with Crippen molar-refractivity contribution in [2.24, 2.45) is 10.8 Å². The molecule has 0 saturated carbocycles. The topological polar surface area (TPSA) is 193 Å². The number of esters is 1. The first kappa shape index (κ1) is 51.6.